The van der Waals surface area contributed by atoms with Crippen molar-refractivity contribution in [2.75, 3.05) is 0 Å². The van der Waals surface area contributed by atoms with Crippen LogP contribution in [0.3, 0.4) is 0 Å². The van der Waals surface area contributed by atoms with Crippen molar-refractivity contribution in [2.24, 2.45) is 0 Å². The summed E-state index contributed by atoms with van der Waals surface area (Å²) in [5, 5.41) is 7.69. The van der Waals surface area contributed by atoms with Crippen molar-refractivity contribution in [3.63, 3.8) is 0 Å². The van der Waals surface area contributed by atoms with Crippen LogP contribution in [0.1, 0.15) is 37.7 Å². The molecule has 3 aromatic heterocycles. The first-order valence-corrected chi connectivity index (χ1v) is 19.2. The van der Waals surface area contributed by atoms with Gasteiger partial charge in [0.2, 0.25) is 0 Å². The Morgan fingerprint density at radius 2 is 1.58 bits per heavy atom. The summed E-state index contributed by atoms with van der Waals surface area (Å²) in [5.74, 6) is -0.609. The average Bonchev–Trinajstić information content (AvgIpc) is 3.47. The maximum absolute atomic E-state index is 8.44. The van der Waals surface area contributed by atoms with Crippen LogP contribution < -0.4 is 5.19 Å². The van der Waals surface area contributed by atoms with E-state index in [4.69, 9.17) is 11.3 Å². The van der Waals surface area contributed by atoms with Crippen LogP contribution in [0.4, 0.5) is 0 Å². The Labute approximate surface area is 304 Å². The van der Waals surface area contributed by atoms with Crippen LogP contribution in [0, 0.1) is 19.0 Å². The molecule has 0 saturated carbocycles. The van der Waals surface area contributed by atoms with Crippen LogP contribution in [-0.4, -0.2) is 18.0 Å². The molecule has 0 bridgehead atoms. The Kier molecular flexibility index (Phi) is 7.80. The van der Waals surface area contributed by atoms with Crippen molar-refractivity contribution >= 4 is 56.7 Å². The van der Waals surface area contributed by atoms with Gasteiger partial charge in [0.15, 0.2) is 0 Å². The summed E-state index contributed by atoms with van der Waals surface area (Å²) in [5.41, 5.74) is 5.29. The molecule has 0 aliphatic rings. The average molecular weight is 824 g/mol. The van der Waals surface area contributed by atoms with Crippen LogP contribution in [0.15, 0.2) is 120 Å². The molecule has 1 radical (unpaired) electrons. The first-order valence-electron chi connectivity index (χ1n) is 18.2. The molecular formula is C43H38IrN2OSi-2. The van der Waals surface area contributed by atoms with E-state index in [2.05, 4.69) is 84.2 Å². The first-order chi connectivity index (χ1) is 24.6. The van der Waals surface area contributed by atoms with Gasteiger partial charge in [-0.2, -0.15) is 0 Å². The molecule has 0 fully saturated rings. The maximum atomic E-state index is 8.44. The fourth-order valence-electron chi connectivity index (χ4n) is 6.12. The number of hydrogen-bond acceptors (Lipinski definition) is 3. The molecule has 0 aliphatic heterocycles. The maximum Gasteiger partial charge on any atom is 0.121 e. The second kappa shape index (κ2) is 13.6. The number of pyridine rings is 2. The molecule has 0 unspecified atom stereocenters. The van der Waals surface area contributed by atoms with Crippen molar-refractivity contribution in [3.05, 3.63) is 139 Å². The van der Waals surface area contributed by atoms with Gasteiger partial charge < -0.3 is 14.4 Å². The third-order valence-corrected chi connectivity index (χ3v) is 10.5. The molecule has 8 aromatic rings. The standard InChI is InChI=1S/C26H16NO.C17H22NSi.Ir/c1-16-11-12-27-24(13-16)21-8-4-7-20-23-14-18-10-9-17-5-2-3-6-19(17)22(18)15-25(23)28-26(20)21;1-13(2)15-11-16(14-9-7-6-8-10-14)18-12-17(15)19(3,4)5;/h2-7,9-15H,1H3;6-9,11-13H,1-5H3;/q2*-1;/i1D3,12D;13D;. The molecule has 8 rings (SSSR count). The number of rotatable bonds is 4. The minimum atomic E-state index is -2.33. The quantitative estimate of drug-likeness (QED) is 0.101. The van der Waals surface area contributed by atoms with Gasteiger partial charge in [-0.05, 0) is 69.1 Å². The predicted molar refractivity (Wildman–Crippen MR) is 201 cm³/mol. The zero-order valence-electron chi connectivity index (χ0n) is 32.5. The summed E-state index contributed by atoms with van der Waals surface area (Å²) in [6.07, 6.45) is 1.88. The summed E-state index contributed by atoms with van der Waals surface area (Å²) < 4.78 is 45.9. The van der Waals surface area contributed by atoms with Crippen LogP contribution in [-0.2, 0) is 20.1 Å². The topological polar surface area (TPSA) is 38.9 Å². The minimum absolute atomic E-state index is 0. The molecule has 0 amide bonds. The molecule has 0 N–H and O–H groups in total. The van der Waals surface area contributed by atoms with Crippen LogP contribution >= 0.6 is 0 Å². The van der Waals surface area contributed by atoms with E-state index >= 15 is 0 Å². The number of aromatic nitrogens is 2. The van der Waals surface area contributed by atoms with Crippen LogP contribution in [0.25, 0.3) is 66.0 Å². The molecule has 48 heavy (non-hydrogen) atoms. The van der Waals surface area contributed by atoms with E-state index in [0.29, 0.717) is 16.8 Å². The molecular weight excluding hydrogens is 781 g/mol. The fraction of sp³-hybridized carbons (Fsp3) is 0.163. The zero-order chi connectivity index (χ0) is 37.0. The predicted octanol–water partition coefficient (Wildman–Crippen LogP) is 11.3. The second-order valence-electron chi connectivity index (χ2n) is 13.1. The smallest absolute Gasteiger partial charge is 0.121 e. The van der Waals surface area contributed by atoms with Gasteiger partial charge in [0.05, 0.1) is 15.0 Å². The summed E-state index contributed by atoms with van der Waals surface area (Å²) in [4.78, 5) is 8.87. The normalized spacial score (nSPS) is 13.6. The van der Waals surface area contributed by atoms with Gasteiger partial charge in [-0.25, -0.2) is 0 Å². The number of fused-ring (bicyclic) bond motifs is 6. The van der Waals surface area contributed by atoms with Crippen molar-refractivity contribution in [1.82, 2.24) is 9.97 Å². The van der Waals surface area contributed by atoms with E-state index in [1.165, 1.54) is 17.3 Å². The summed E-state index contributed by atoms with van der Waals surface area (Å²) in [7, 11) is -1.50. The van der Waals surface area contributed by atoms with Gasteiger partial charge in [-0.3, -0.25) is 0 Å². The molecule has 241 valence electrons. The zero-order valence-corrected chi connectivity index (χ0v) is 30.9. The van der Waals surface area contributed by atoms with Crippen LogP contribution in [0.5, 0.6) is 0 Å². The van der Waals surface area contributed by atoms with Gasteiger partial charge in [-0.1, -0.05) is 104 Å². The van der Waals surface area contributed by atoms with Crippen molar-refractivity contribution in [2.45, 2.75) is 46.2 Å². The van der Waals surface area contributed by atoms with Crippen LogP contribution in [0.2, 0.25) is 19.6 Å². The van der Waals surface area contributed by atoms with E-state index in [1.807, 2.05) is 62.5 Å². The Morgan fingerprint density at radius 3 is 2.35 bits per heavy atom. The van der Waals surface area contributed by atoms with Crippen molar-refractivity contribution < 1.29 is 31.4 Å². The molecule has 3 nitrogen and oxygen atoms in total. The number of benzene rings is 5. The van der Waals surface area contributed by atoms with E-state index in [1.54, 1.807) is 6.07 Å². The van der Waals surface area contributed by atoms with E-state index in [0.717, 1.165) is 54.7 Å². The Morgan fingerprint density at radius 1 is 0.771 bits per heavy atom. The number of aryl methyl sites for hydroxylation is 1. The summed E-state index contributed by atoms with van der Waals surface area (Å²) in [6, 6.07) is 39.4. The van der Waals surface area contributed by atoms with Crippen molar-refractivity contribution in [3.8, 4) is 22.5 Å². The Bertz CT molecular complexity index is 2610. The minimum Gasteiger partial charge on any atom is -0.501 e. The monoisotopic (exact) mass is 824 g/mol. The number of nitrogens with zero attached hydrogens (tertiary/aromatic N) is 2. The Hall–Kier alpha value is -4.41. The molecule has 5 heteroatoms. The summed E-state index contributed by atoms with van der Waals surface area (Å²) >= 11 is 0. The number of hydrogen-bond donors (Lipinski definition) is 0. The van der Waals surface area contributed by atoms with Gasteiger partial charge >= 0.3 is 0 Å². The van der Waals surface area contributed by atoms with E-state index < -0.39 is 20.8 Å². The van der Waals surface area contributed by atoms with Crippen molar-refractivity contribution in [1.29, 1.82) is 0 Å². The number of furan rings is 1. The molecule has 5 aromatic carbocycles. The molecule has 0 spiro atoms. The third kappa shape index (κ3) is 6.51. The van der Waals surface area contributed by atoms with Gasteiger partial charge in [-0.15, -0.1) is 54.1 Å². The van der Waals surface area contributed by atoms with Gasteiger partial charge in [0, 0.05) is 43.3 Å². The molecule has 0 saturated heterocycles. The SMILES string of the molecule is [2H]C(C)(C)c1cc(-c2[c-]cccc2)ncc1[Si](C)(C)C.[2H]c1cc(C([2H])([2H])[2H])cc(-c2[c-]ccc3c2oc2cc4c(ccc5ccccc54)cc23)n1.[Ir]. The van der Waals surface area contributed by atoms with Gasteiger partial charge in [0.1, 0.15) is 5.58 Å². The largest absolute Gasteiger partial charge is 0.501 e. The van der Waals surface area contributed by atoms with E-state index in [-0.39, 0.29) is 31.8 Å². The molecule has 0 atom stereocenters. The Balaban J connectivity index is 0.000000199. The summed E-state index contributed by atoms with van der Waals surface area (Å²) in [6.45, 7) is 8.47. The molecule has 0 aliphatic carbocycles. The molecule has 3 heterocycles. The third-order valence-electron chi connectivity index (χ3n) is 8.49. The van der Waals surface area contributed by atoms with E-state index in [9.17, 15) is 0 Å². The fourth-order valence-corrected chi connectivity index (χ4v) is 7.70. The first kappa shape index (κ1) is 27.5. The second-order valence-corrected chi connectivity index (χ2v) is 18.1. The van der Waals surface area contributed by atoms with Gasteiger partial charge in [0.25, 0.3) is 0 Å².